The fraction of sp³-hybridized carbons (Fsp3) is 0.400. The number of morpholine rings is 1. The van der Waals surface area contributed by atoms with Crippen LogP contribution in [-0.4, -0.2) is 45.8 Å². The van der Waals surface area contributed by atoms with Gasteiger partial charge in [0.05, 0.1) is 47.4 Å². The van der Waals surface area contributed by atoms with Crippen LogP contribution in [0.5, 0.6) is 0 Å². The van der Waals surface area contributed by atoms with Gasteiger partial charge in [0, 0.05) is 26.3 Å². The van der Waals surface area contributed by atoms with Crippen molar-refractivity contribution in [1.82, 2.24) is 19.5 Å². The van der Waals surface area contributed by atoms with Crippen LogP contribution in [0.4, 0.5) is 17.5 Å². The number of hydrogen-bond acceptors (Lipinski definition) is 8. The zero-order valence-electron chi connectivity index (χ0n) is 16.8. The Balaban J connectivity index is 1.77. The maximum absolute atomic E-state index is 9.52. The largest absolute Gasteiger partial charge is 0.378 e. The topological polar surface area (TPSA) is 118 Å². The number of nitrogens with zero attached hydrogens (tertiary/aromatic N) is 6. The molecule has 1 aliphatic rings. The highest BCUT2D eigenvalue weighted by atomic mass is 16.5. The summed E-state index contributed by atoms with van der Waals surface area (Å²) in [5, 5.41) is 12.9. The van der Waals surface area contributed by atoms with Gasteiger partial charge in [-0.25, -0.2) is 9.97 Å². The number of nitrogen functional groups attached to an aromatic ring is 1. The Morgan fingerprint density at radius 2 is 2.03 bits per heavy atom. The third-order valence-corrected chi connectivity index (χ3v) is 5.21. The van der Waals surface area contributed by atoms with E-state index in [1.807, 2.05) is 26.2 Å². The van der Waals surface area contributed by atoms with Crippen LogP contribution in [-0.2, 0) is 11.8 Å². The standard InChI is InChI=1S/C20H24N8O/c1-12-14(11-21)19(26-20(22)24-12)23-13(2)18-17(28-6-8-29-9-7-28)10-16-15(25-18)4-5-27(16)3/h4-5,10,13H,6-9H2,1-3H3,(H3,22,23,24,26). The molecule has 3 N–H and O–H groups in total. The first-order chi connectivity index (χ1) is 14.0. The fourth-order valence-corrected chi connectivity index (χ4v) is 3.67. The zero-order valence-corrected chi connectivity index (χ0v) is 16.8. The molecule has 1 atom stereocenters. The van der Waals surface area contributed by atoms with E-state index in [1.165, 1.54) is 0 Å². The van der Waals surface area contributed by atoms with Crippen LogP contribution < -0.4 is 16.0 Å². The summed E-state index contributed by atoms with van der Waals surface area (Å²) in [6.07, 6.45) is 2.00. The van der Waals surface area contributed by atoms with Crippen LogP contribution in [0.3, 0.4) is 0 Å². The van der Waals surface area contributed by atoms with Crippen molar-refractivity contribution in [2.24, 2.45) is 7.05 Å². The smallest absolute Gasteiger partial charge is 0.222 e. The summed E-state index contributed by atoms with van der Waals surface area (Å²) in [6.45, 7) is 6.75. The second-order valence-corrected chi connectivity index (χ2v) is 7.19. The van der Waals surface area contributed by atoms with Crippen molar-refractivity contribution in [3.05, 3.63) is 35.3 Å². The molecule has 0 amide bonds. The van der Waals surface area contributed by atoms with E-state index in [1.54, 1.807) is 6.92 Å². The highest BCUT2D eigenvalue weighted by Crippen LogP contribution is 2.32. The van der Waals surface area contributed by atoms with Crippen LogP contribution in [0.1, 0.15) is 29.9 Å². The number of rotatable bonds is 4. The van der Waals surface area contributed by atoms with E-state index < -0.39 is 0 Å². The van der Waals surface area contributed by atoms with Gasteiger partial charge in [0.2, 0.25) is 5.95 Å². The van der Waals surface area contributed by atoms with E-state index in [-0.39, 0.29) is 12.0 Å². The number of nitrogens with two attached hydrogens (primary N) is 1. The summed E-state index contributed by atoms with van der Waals surface area (Å²) in [5.41, 5.74) is 10.7. The van der Waals surface area contributed by atoms with Gasteiger partial charge in [-0.1, -0.05) is 0 Å². The zero-order chi connectivity index (χ0) is 20.5. The number of ether oxygens (including phenoxy) is 1. The molecule has 0 radical (unpaired) electrons. The van der Waals surface area contributed by atoms with Gasteiger partial charge < -0.3 is 25.3 Å². The predicted molar refractivity (Wildman–Crippen MR) is 112 cm³/mol. The number of fused-ring (bicyclic) bond motifs is 1. The molecule has 29 heavy (non-hydrogen) atoms. The van der Waals surface area contributed by atoms with Gasteiger partial charge in [0.25, 0.3) is 0 Å². The van der Waals surface area contributed by atoms with Crippen molar-refractivity contribution in [3.8, 4) is 6.07 Å². The molecule has 150 valence electrons. The van der Waals surface area contributed by atoms with Crippen molar-refractivity contribution in [2.45, 2.75) is 19.9 Å². The van der Waals surface area contributed by atoms with E-state index in [2.05, 4.69) is 36.9 Å². The van der Waals surface area contributed by atoms with Crippen molar-refractivity contribution < 1.29 is 4.74 Å². The highest BCUT2D eigenvalue weighted by molar-refractivity contribution is 5.81. The third kappa shape index (κ3) is 3.54. The maximum Gasteiger partial charge on any atom is 0.222 e. The van der Waals surface area contributed by atoms with Gasteiger partial charge in [-0.15, -0.1) is 0 Å². The average molecular weight is 392 g/mol. The lowest BCUT2D eigenvalue weighted by Gasteiger charge is -2.31. The summed E-state index contributed by atoms with van der Waals surface area (Å²) >= 11 is 0. The molecule has 1 unspecified atom stereocenters. The van der Waals surface area contributed by atoms with Crippen molar-refractivity contribution in [3.63, 3.8) is 0 Å². The van der Waals surface area contributed by atoms with Crippen molar-refractivity contribution in [1.29, 1.82) is 5.26 Å². The normalized spacial score (nSPS) is 15.3. The molecular formula is C20H24N8O. The van der Waals surface area contributed by atoms with Gasteiger partial charge in [-0.2, -0.15) is 10.2 Å². The molecule has 4 rings (SSSR count). The maximum atomic E-state index is 9.52. The SMILES string of the molecule is Cc1nc(N)nc(NC(C)c2nc3ccn(C)c3cc2N2CCOCC2)c1C#N. The molecule has 1 saturated heterocycles. The second-order valence-electron chi connectivity index (χ2n) is 7.19. The van der Waals surface area contributed by atoms with Crippen LogP contribution in [0.25, 0.3) is 11.0 Å². The molecule has 9 heteroatoms. The molecule has 0 saturated carbocycles. The van der Waals surface area contributed by atoms with Gasteiger partial charge in [0.15, 0.2) is 0 Å². The molecule has 1 aliphatic heterocycles. The quantitative estimate of drug-likeness (QED) is 0.693. The Hall–Kier alpha value is -3.38. The molecule has 3 aromatic heterocycles. The molecule has 4 heterocycles. The molecule has 1 fully saturated rings. The van der Waals surface area contributed by atoms with Crippen LogP contribution in [0, 0.1) is 18.3 Å². The second kappa shape index (κ2) is 7.56. The number of anilines is 3. The first-order valence-electron chi connectivity index (χ1n) is 9.57. The number of aryl methyl sites for hydroxylation is 2. The third-order valence-electron chi connectivity index (χ3n) is 5.21. The molecule has 0 aromatic carbocycles. The molecule has 9 nitrogen and oxygen atoms in total. The Kier molecular flexibility index (Phi) is 4.94. The first-order valence-corrected chi connectivity index (χ1v) is 9.57. The summed E-state index contributed by atoms with van der Waals surface area (Å²) < 4.78 is 7.59. The summed E-state index contributed by atoms with van der Waals surface area (Å²) in [7, 11) is 2.01. The van der Waals surface area contributed by atoms with E-state index in [0.717, 1.165) is 35.5 Å². The van der Waals surface area contributed by atoms with Gasteiger partial charge in [-0.3, -0.25) is 0 Å². The minimum Gasteiger partial charge on any atom is -0.378 e. The van der Waals surface area contributed by atoms with E-state index >= 15 is 0 Å². The van der Waals surface area contributed by atoms with Gasteiger partial charge in [-0.05, 0) is 26.0 Å². The van der Waals surface area contributed by atoms with Crippen LogP contribution in [0.2, 0.25) is 0 Å². The Bertz CT molecular complexity index is 1090. The number of aromatic nitrogens is 4. The van der Waals surface area contributed by atoms with Crippen molar-refractivity contribution >= 4 is 28.5 Å². The monoisotopic (exact) mass is 392 g/mol. The summed E-state index contributed by atoms with van der Waals surface area (Å²) in [5.74, 6) is 0.559. The lowest BCUT2D eigenvalue weighted by molar-refractivity contribution is 0.122. The van der Waals surface area contributed by atoms with E-state index in [0.29, 0.717) is 30.3 Å². The number of hydrogen-bond donors (Lipinski definition) is 2. The lowest BCUT2D eigenvalue weighted by Crippen LogP contribution is -2.37. The van der Waals surface area contributed by atoms with Gasteiger partial charge in [0.1, 0.15) is 17.5 Å². The fourth-order valence-electron chi connectivity index (χ4n) is 3.67. The van der Waals surface area contributed by atoms with Gasteiger partial charge >= 0.3 is 0 Å². The van der Waals surface area contributed by atoms with Crippen LogP contribution >= 0.6 is 0 Å². The predicted octanol–water partition coefficient (Wildman–Crippen LogP) is 2.14. The first kappa shape index (κ1) is 19.0. The van der Waals surface area contributed by atoms with E-state index in [9.17, 15) is 5.26 Å². The van der Waals surface area contributed by atoms with Crippen LogP contribution in [0.15, 0.2) is 18.3 Å². The molecular weight excluding hydrogens is 368 g/mol. The minimum atomic E-state index is -0.196. The lowest BCUT2D eigenvalue weighted by atomic mass is 10.1. The van der Waals surface area contributed by atoms with Crippen molar-refractivity contribution in [2.75, 3.05) is 42.3 Å². The highest BCUT2D eigenvalue weighted by Gasteiger charge is 2.23. The summed E-state index contributed by atoms with van der Waals surface area (Å²) in [6, 6.07) is 6.14. The molecule has 0 aliphatic carbocycles. The average Bonchev–Trinajstić information content (AvgIpc) is 3.07. The molecule has 0 bridgehead atoms. The Morgan fingerprint density at radius 3 is 2.76 bits per heavy atom. The molecule has 3 aromatic rings. The molecule has 0 spiro atoms. The number of nitrogens with one attached hydrogen (secondary N) is 1. The minimum absolute atomic E-state index is 0.135. The Morgan fingerprint density at radius 1 is 1.28 bits per heavy atom. The Labute approximate surface area is 169 Å². The summed E-state index contributed by atoms with van der Waals surface area (Å²) in [4.78, 5) is 15.6. The van der Waals surface area contributed by atoms with E-state index in [4.69, 9.17) is 15.5 Å². The number of pyridine rings is 1. The number of nitriles is 1.